The number of aromatic nitrogens is 3. The molecule has 0 aliphatic heterocycles. The van der Waals surface area contributed by atoms with Crippen molar-refractivity contribution < 1.29 is 8.60 Å². The number of benzene rings is 2. The van der Waals surface area contributed by atoms with Gasteiger partial charge < -0.3 is 0 Å². The monoisotopic (exact) mass is 438 g/mol. The lowest BCUT2D eigenvalue weighted by atomic mass is 9.92. The van der Waals surface area contributed by atoms with Crippen LogP contribution in [0.3, 0.4) is 0 Å². The molecule has 0 aliphatic carbocycles. The standard InChI is InChI=1S/C24H27FN4OS/c1-6-15(4)31(5,30)29-24-20-12-21-17(13-26-28-21)11-19(20)22(23(27-24)14(2)3)16-7-9-18(25)10-8-16/h7-15H,6H2,1-5H3,(H,26,28). The number of fused-ring (bicyclic) bond motifs is 2. The summed E-state index contributed by atoms with van der Waals surface area (Å²) in [6.45, 7) is 8.11. The van der Waals surface area contributed by atoms with E-state index in [0.29, 0.717) is 5.82 Å². The van der Waals surface area contributed by atoms with Crippen molar-refractivity contribution in [2.45, 2.75) is 45.3 Å². The first kappa shape index (κ1) is 21.4. The first-order chi connectivity index (χ1) is 14.7. The highest BCUT2D eigenvalue weighted by Gasteiger charge is 2.21. The lowest BCUT2D eigenvalue weighted by molar-refractivity contribution is 0.628. The first-order valence-corrected chi connectivity index (χ1v) is 12.5. The third kappa shape index (κ3) is 3.94. The molecule has 162 valence electrons. The van der Waals surface area contributed by atoms with Crippen LogP contribution in [0.2, 0.25) is 0 Å². The van der Waals surface area contributed by atoms with E-state index in [1.165, 1.54) is 12.1 Å². The van der Waals surface area contributed by atoms with E-state index in [2.05, 4.69) is 30.1 Å². The van der Waals surface area contributed by atoms with Gasteiger partial charge >= 0.3 is 0 Å². The second-order valence-corrected chi connectivity index (χ2v) is 11.1. The Labute approximate surface area is 182 Å². The molecule has 4 rings (SSSR count). The lowest BCUT2D eigenvalue weighted by Crippen LogP contribution is -2.14. The molecular formula is C24H27FN4OS. The summed E-state index contributed by atoms with van der Waals surface area (Å²) in [5.41, 5.74) is 3.54. The summed E-state index contributed by atoms with van der Waals surface area (Å²) < 4.78 is 31.7. The van der Waals surface area contributed by atoms with Crippen LogP contribution in [-0.4, -0.2) is 30.9 Å². The van der Waals surface area contributed by atoms with Crippen LogP contribution in [0.1, 0.15) is 45.7 Å². The van der Waals surface area contributed by atoms with Crippen molar-refractivity contribution in [3.63, 3.8) is 0 Å². The topological polar surface area (TPSA) is 71.0 Å². The summed E-state index contributed by atoms with van der Waals surface area (Å²) in [5, 5.41) is 9.81. The Kier molecular flexibility index (Phi) is 5.56. The molecule has 0 bridgehead atoms. The molecule has 0 saturated heterocycles. The normalized spacial score (nSPS) is 14.8. The van der Waals surface area contributed by atoms with Crippen molar-refractivity contribution in [2.75, 3.05) is 6.26 Å². The van der Waals surface area contributed by atoms with Crippen LogP contribution in [0, 0.1) is 5.82 Å². The number of halogens is 1. The van der Waals surface area contributed by atoms with Crippen molar-refractivity contribution >= 4 is 37.2 Å². The fraction of sp³-hybridized carbons (Fsp3) is 0.333. The first-order valence-electron chi connectivity index (χ1n) is 10.5. The Bertz CT molecular complexity index is 1380. The zero-order valence-electron chi connectivity index (χ0n) is 18.4. The molecule has 2 aromatic heterocycles. The molecule has 0 saturated carbocycles. The van der Waals surface area contributed by atoms with E-state index in [0.717, 1.165) is 44.9 Å². The summed E-state index contributed by atoms with van der Waals surface area (Å²) >= 11 is 0. The number of pyridine rings is 1. The van der Waals surface area contributed by atoms with E-state index in [4.69, 9.17) is 9.35 Å². The maximum atomic E-state index is 13.6. The molecule has 2 heterocycles. The maximum Gasteiger partial charge on any atom is 0.169 e. The SMILES string of the molecule is CCC(C)S(C)(=O)=Nc1nc(C(C)C)c(-c2ccc(F)cc2)c2cc3cn[nH]c3cc12. The third-order valence-electron chi connectivity index (χ3n) is 5.84. The summed E-state index contributed by atoms with van der Waals surface area (Å²) in [4.78, 5) is 4.92. The van der Waals surface area contributed by atoms with Gasteiger partial charge in [-0.3, -0.25) is 5.10 Å². The van der Waals surface area contributed by atoms with Crippen LogP contribution in [0.15, 0.2) is 47.0 Å². The second kappa shape index (κ2) is 8.04. The van der Waals surface area contributed by atoms with Gasteiger partial charge in [0.25, 0.3) is 0 Å². The van der Waals surface area contributed by atoms with Crippen molar-refractivity contribution in [1.82, 2.24) is 15.2 Å². The average Bonchev–Trinajstić information content (AvgIpc) is 3.19. The Morgan fingerprint density at radius 2 is 1.84 bits per heavy atom. The number of aromatic amines is 1. The van der Waals surface area contributed by atoms with Crippen molar-refractivity contribution in [3.05, 3.63) is 54.1 Å². The Hall–Kier alpha value is -2.80. The minimum atomic E-state index is -2.48. The molecule has 1 N–H and O–H groups in total. The maximum absolute atomic E-state index is 13.6. The predicted octanol–water partition coefficient (Wildman–Crippen LogP) is 6.57. The number of nitrogens with zero attached hydrogens (tertiary/aromatic N) is 3. The van der Waals surface area contributed by atoms with Gasteiger partial charge in [-0.1, -0.05) is 32.9 Å². The molecule has 0 aliphatic rings. The second-order valence-electron chi connectivity index (χ2n) is 8.38. The molecule has 2 unspecified atom stereocenters. The largest absolute Gasteiger partial charge is 0.278 e. The predicted molar refractivity (Wildman–Crippen MR) is 127 cm³/mol. The molecule has 7 heteroatoms. The van der Waals surface area contributed by atoms with E-state index in [9.17, 15) is 8.60 Å². The molecule has 0 amide bonds. The van der Waals surface area contributed by atoms with Gasteiger partial charge in [-0.15, -0.1) is 0 Å². The van der Waals surface area contributed by atoms with Crippen molar-refractivity contribution in [1.29, 1.82) is 0 Å². The van der Waals surface area contributed by atoms with Crippen LogP contribution in [0.25, 0.3) is 32.8 Å². The van der Waals surface area contributed by atoms with E-state index in [1.807, 2.05) is 19.9 Å². The third-order valence-corrected chi connectivity index (χ3v) is 8.20. The molecule has 0 fully saturated rings. The quantitative estimate of drug-likeness (QED) is 0.383. The average molecular weight is 439 g/mol. The van der Waals surface area contributed by atoms with Gasteiger partial charge in [0.15, 0.2) is 5.82 Å². The minimum absolute atomic E-state index is 0.0560. The van der Waals surface area contributed by atoms with Crippen molar-refractivity contribution in [3.8, 4) is 11.1 Å². The van der Waals surface area contributed by atoms with Crippen LogP contribution >= 0.6 is 0 Å². The van der Waals surface area contributed by atoms with Gasteiger partial charge in [-0.2, -0.15) is 9.46 Å². The summed E-state index contributed by atoms with van der Waals surface area (Å²) in [6, 6.07) is 10.5. The number of hydrogen-bond donors (Lipinski definition) is 1. The van der Waals surface area contributed by atoms with Gasteiger partial charge in [0.1, 0.15) is 5.82 Å². The smallest absolute Gasteiger partial charge is 0.169 e. The molecule has 4 aromatic rings. The number of rotatable bonds is 5. The zero-order chi connectivity index (χ0) is 22.3. The summed E-state index contributed by atoms with van der Waals surface area (Å²) in [7, 11) is -2.48. The molecule has 0 spiro atoms. The summed E-state index contributed by atoms with van der Waals surface area (Å²) in [5.74, 6) is 0.291. The van der Waals surface area contributed by atoms with Crippen LogP contribution in [-0.2, 0) is 9.73 Å². The summed E-state index contributed by atoms with van der Waals surface area (Å²) in [6.07, 6.45) is 4.25. The molecule has 0 radical (unpaired) electrons. The number of H-pyrrole nitrogens is 1. The lowest BCUT2D eigenvalue weighted by Gasteiger charge is -2.18. The van der Waals surface area contributed by atoms with E-state index >= 15 is 0 Å². The van der Waals surface area contributed by atoms with Gasteiger partial charge in [0.05, 0.1) is 27.1 Å². The molecule has 5 nitrogen and oxygen atoms in total. The van der Waals surface area contributed by atoms with Gasteiger partial charge in [-0.25, -0.2) is 13.6 Å². The zero-order valence-corrected chi connectivity index (χ0v) is 19.3. The minimum Gasteiger partial charge on any atom is -0.278 e. The van der Waals surface area contributed by atoms with E-state index in [1.54, 1.807) is 24.6 Å². The highest BCUT2D eigenvalue weighted by atomic mass is 32.2. The van der Waals surface area contributed by atoms with Gasteiger partial charge in [0.2, 0.25) is 0 Å². The van der Waals surface area contributed by atoms with E-state index < -0.39 is 9.73 Å². The highest BCUT2D eigenvalue weighted by Crippen LogP contribution is 2.40. The number of hydrogen-bond acceptors (Lipinski definition) is 4. The van der Waals surface area contributed by atoms with Crippen LogP contribution in [0.5, 0.6) is 0 Å². The molecule has 2 atom stereocenters. The fourth-order valence-electron chi connectivity index (χ4n) is 3.73. The molecule has 31 heavy (non-hydrogen) atoms. The van der Waals surface area contributed by atoms with Crippen LogP contribution < -0.4 is 0 Å². The van der Waals surface area contributed by atoms with Crippen molar-refractivity contribution in [2.24, 2.45) is 4.36 Å². The number of nitrogens with one attached hydrogen (secondary N) is 1. The molecule has 2 aromatic carbocycles. The van der Waals surface area contributed by atoms with Gasteiger partial charge in [0, 0.05) is 27.8 Å². The van der Waals surface area contributed by atoms with E-state index in [-0.39, 0.29) is 17.0 Å². The Morgan fingerprint density at radius 1 is 1.13 bits per heavy atom. The Balaban J connectivity index is 2.15. The highest BCUT2D eigenvalue weighted by molar-refractivity contribution is 7.93. The Morgan fingerprint density at radius 3 is 2.48 bits per heavy atom. The fourth-order valence-corrected chi connectivity index (χ4v) is 5.01. The van der Waals surface area contributed by atoms with Gasteiger partial charge in [-0.05, 0) is 54.5 Å². The molecular weight excluding hydrogens is 411 g/mol. The van der Waals surface area contributed by atoms with Crippen LogP contribution in [0.4, 0.5) is 10.2 Å².